The van der Waals surface area contributed by atoms with Gasteiger partial charge in [0.05, 0.1) is 17.7 Å². The SMILES string of the molecule is C=C(NNC(=O)c1cccc(S(=O)(=O)N2CCCCC2)c1)c1ccc(OC)cc1. The number of nitrogens with zero attached hydrogens (tertiary/aromatic N) is 1. The molecule has 0 aliphatic carbocycles. The summed E-state index contributed by atoms with van der Waals surface area (Å²) in [5.74, 6) is 0.271. The van der Waals surface area contributed by atoms with Crippen molar-refractivity contribution in [3.63, 3.8) is 0 Å². The third-order valence-corrected chi connectivity index (χ3v) is 6.71. The zero-order valence-electron chi connectivity index (χ0n) is 16.3. The second-order valence-corrected chi connectivity index (χ2v) is 8.72. The smallest absolute Gasteiger partial charge is 0.269 e. The molecule has 2 aromatic rings. The minimum absolute atomic E-state index is 0.126. The second-order valence-electron chi connectivity index (χ2n) is 6.78. The van der Waals surface area contributed by atoms with E-state index < -0.39 is 15.9 Å². The van der Waals surface area contributed by atoms with Crippen molar-refractivity contribution in [2.45, 2.75) is 24.2 Å². The largest absolute Gasteiger partial charge is 0.497 e. The highest BCUT2D eigenvalue weighted by Gasteiger charge is 2.26. The number of sulfonamides is 1. The predicted molar refractivity (Wildman–Crippen MR) is 112 cm³/mol. The van der Waals surface area contributed by atoms with Crippen molar-refractivity contribution in [1.82, 2.24) is 15.2 Å². The van der Waals surface area contributed by atoms with Gasteiger partial charge in [0.15, 0.2) is 0 Å². The Kier molecular flexibility index (Phi) is 6.56. The highest BCUT2D eigenvalue weighted by molar-refractivity contribution is 7.89. The lowest BCUT2D eigenvalue weighted by molar-refractivity contribution is 0.0942. The summed E-state index contributed by atoms with van der Waals surface area (Å²) in [4.78, 5) is 12.6. The molecule has 1 aliphatic heterocycles. The molecule has 0 bridgehead atoms. The van der Waals surface area contributed by atoms with Crippen LogP contribution in [0, 0.1) is 0 Å². The molecule has 2 N–H and O–H groups in total. The van der Waals surface area contributed by atoms with Crippen LogP contribution in [0.3, 0.4) is 0 Å². The number of nitrogens with one attached hydrogen (secondary N) is 2. The van der Waals surface area contributed by atoms with Gasteiger partial charge in [-0.3, -0.25) is 15.6 Å². The number of carbonyl (C=O) groups excluding carboxylic acids is 1. The Bertz CT molecular complexity index is 981. The van der Waals surface area contributed by atoms with Crippen LogP contribution in [0.25, 0.3) is 5.70 Å². The topological polar surface area (TPSA) is 87.7 Å². The Morgan fingerprint density at radius 3 is 2.34 bits per heavy atom. The number of rotatable bonds is 7. The summed E-state index contributed by atoms with van der Waals surface area (Å²) in [5, 5.41) is 0. The molecule has 1 fully saturated rings. The van der Waals surface area contributed by atoms with E-state index >= 15 is 0 Å². The average Bonchev–Trinajstić information content (AvgIpc) is 2.78. The minimum Gasteiger partial charge on any atom is -0.497 e. The number of hydrazine groups is 1. The Morgan fingerprint density at radius 1 is 1.00 bits per heavy atom. The van der Waals surface area contributed by atoms with Gasteiger partial charge in [-0.25, -0.2) is 8.42 Å². The first-order valence-electron chi connectivity index (χ1n) is 9.42. The lowest BCUT2D eigenvalue weighted by Crippen LogP contribution is -2.37. The molecule has 1 amide bonds. The molecule has 1 saturated heterocycles. The van der Waals surface area contributed by atoms with Crippen LogP contribution in [0.5, 0.6) is 5.75 Å². The standard InChI is InChI=1S/C21H25N3O4S/c1-16(17-9-11-19(28-2)12-10-17)22-23-21(25)18-7-6-8-20(15-18)29(26,27)24-13-4-3-5-14-24/h6-12,15,22H,1,3-5,13-14H2,2H3,(H,23,25). The summed E-state index contributed by atoms with van der Waals surface area (Å²) in [6.45, 7) is 4.93. The zero-order chi connectivity index (χ0) is 20.9. The molecule has 0 saturated carbocycles. The number of hydrogen-bond acceptors (Lipinski definition) is 5. The molecule has 1 heterocycles. The van der Waals surface area contributed by atoms with E-state index in [4.69, 9.17) is 4.74 Å². The molecular weight excluding hydrogens is 390 g/mol. The van der Waals surface area contributed by atoms with E-state index in [1.54, 1.807) is 31.4 Å². The van der Waals surface area contributed by atoms with Crippen LogP contribution >= 0.6 is 0 Å². The molecule has 29 heavy (non-hydrogen) atoms. The van der Waals surface area contributed by atoms with Gasteiger partial charge in [-0.1, -0.05) is 19.1 Å². The van der Waals surface area contributed by atoms with Gasteiger partial charge in [-0.2, -0.15) is 4.31 Å². The molecule has 2 aromatic carbocycles. The first kappa shape index (κ1) is 20.9. The number of amides is 1. The number of methoxy groups -OCH3 is 1. The normalized spacial score (nSPS) is 14.8. The Morgan fingerprint density at radius 2 is 1.69 bits per heavy atom. The highest BCUT2D eigenvalue weighted by atomic mass is 32.2. The van der Waals surface area contributed by atoms with Crippen molar-refractivity contribution in [3.8, 4) is 5.75 Å². The van der Waals surface area contributed by atoms with Crippen molar-refractivity contribution in [2.24, 2.45) is 0 Å². The highest BCUT2D eigenvalue weighted by Crippen LogP contribution is 2.21. The third kappa shape index (κ3) is 4.96. The Labute approximate surface area is 171 Å². The summed E-state index contributed by atoms with van der Waals surface area (Å²) in [5.41, 5.74) is 6.85. The van der Waals surface area contributed by atoms with E-state index in [0.717, 1.165) is 30.6 Å². The molecular formula is C21H25N3O4S. The predicted octanol–water partition coefficient (Wildman–Crippen LogP) is 2.78. The van der Waals surface area contributed by atoms with Crippen molar-refractivity contribution in [2.75, 3.05) is 20.2 Å². The van der Waals surface area contributed by atoms with Gasteiger partial charge < -0.3 is 4.74 Å². The molecule has 0 radical (unpaired) electrons. The Balaban J connectivity index is 1.66. The molecule has 8 heteroatoms. The fourth-order valence-corrected chi connectivity index (χ4v) is 4.68. The molecule has 3 rings (SSSR count). The lowest BCUT2D eigenvalue weighted by atomic mass is 10.2. The maximum atomic E-state index is 12.8. The van der Waals surface area contributed by atoms with E-state index in [9.17, 15) is 13.2 Å². The summed E-state index contributed by atoms with van der Waals surface area (Å²) < 4.78 is 32.2. The maximum Gasteiger partial charge on any atom is 0.269 e. The van der Waals surface area contributed by atoms with Crippen molar-refractivity contribution < 1.29 is 17.9 Å². The number of hydrogen-bond donors (Lipinski definition) is 2. The van der Waals surface area contributed by atoms with E-state index in [-0.39, 0.29) is 10.5 Å². The molecule has 154 valence electrons. The quantitative estimate of drug-likeness (QED) is 0.679. The van der Waals surface area contributed by atoms with Gasteiger partial charge in [0.25, 0.3) is 5.91 Å². The summed E-state index contributed by atoms with van der Waals surface area (Å²) in [6.07, 6.45) is 2.76. The molecule has 1 aliphatic rings. The van der Waals surface area contributed by atoms with E-state index in [1.165, 1.54) is 16.4 Å². The van der Waals surface area contributed by atoms with E-state index in [1.807, 2.05) is 12.1 Å². The summed E-state index contributed by atoms with van der Waals surface area (Å²) in [7, 11) is -2.01. The second kappa shape index (κ2) is 9.11. The summed E-state index contributed by atoms with van der Waals surface area (Å²) >= 11 is 0. The van der Waals surface area contributed by atoms with Crippen LogP contribution in [0.4, 0.5) is 0 Å². The van der Waals surface area contributed by atoms with Crippen LogP contribution in [0.15, 0.2) is 60.0 Å². The molecule has 0 atom stereocenters. The maximum absolute atomic E-state index is 12.8. The fraction of sp³-hybridized carbons (Fsp3) is 0.286. The molecule has 0 spiro atoms. The number of carbonyl (C=O) groups is 1. The van der Waals surface area contributed by atoms with Crippen molar-refractivity contribution in [3.05, 3.63) is 66.2 Å². The lowest BCUT2D eigenvalue weighted by Gasteiger charge is -2.26. The van der Waals surface area contributed by atoms with Crippen LogP contribution < -0.4 is 15.6 Å². The minimum atomic E-state index is -3.60. The van der Waals surface area contributed by atoms with Gasteiger partial charge in [-0.05, 0) is 60.9 Å². The monoisotopic (exact) mass is 415 g/mol. The molecule has 0 aromatic heterocycles. The number of benzene rings is 2. The molecule has 0 unspecified atom stereocenters. The van der Waals surface area contributed by atoms with Gasteiger partial charge in [-0.15, -0.1) is 0 Å². The first-order chi connectivity index (χ1) is 13.9. The number of piperidine rings is 1. The Hall–Kier alpha value is -2.84. The van der Waals surface area contributed by atoms with Gasteiger partial charge in [0.1, 0.15) is 5.75 Å². The average molecular weight is 416 g/mol. The van der Waals surface area contributed by atoms with Gasteiger partial charge in [0, 0.05) is 18.7 Å². The summed E-state index contributed by atoms with van der Waals surface area (Å²) in [6, 6.07) is 13.3. The zero-order valence-corrected chi connectivity index (χ0v) is 17.2. The van der Waals surface area contributed by atoms with Crippen LogP contribution in [-0.4, -0.2) is 38.8 Å². The van der Waals surface area contributed by atoms with E-state index in [2.05, 4.69) is 17.4 Å². The van der Waals surface area contributed by atoms with Gasteiger partial charge in [0.2, 0.25) is 10.0 Å². The van der Waals surface area contributed by atoms with Gasteiger partial charge >= 0.3 is 0 Å². The van der Waals surface area contributed by atoms with Crippen LogP contribution in [0.2, 0.25) is 0 Å². The van der Waals surface area contributed by atoms with Crippen molar-refractivity contribution in [1.29, 1.82) is 0 Å². The van der Waals surface area contributed by atoms with Crippen molar-refractivity contribution >= 4 is 21.6 Å². The number of ether oxygens (including phenoxy) is 1. The first-order valence-corrected chi connectivity index (χ1v) is 10.9. The van der Waals surface area contributed by atoms with E-state index in [0.29, 0.717) is 18.8 Å². The fourth-order valence-electron chi connectivity index (χ4n) is 3.12. The van der Waals surface area contributed by atoms with Crippen LogP contribution in [-0.2, 0) is 10.0 Å². The van der Waals surface area contributed by atoms with Crippen LogP contribution in [0.1, 0.15) is 35.2 Å². The third-order valence-electron chi connectivity index (χ3n) is 4.81. The molecule has 7 nitrogen and oxygen atoms in total.